The summed E-state index contributed by atoms with van der Waals surface area (Å²) in [5, 5.41) is 1.99. The Labute approximate surface area is 808 Å². The van der Waals surface area contributed by atoms with E-state index in [0.717, 1.165) is 265 Å². The molecule has 1 aliphatic carbocycles. The van der Waals surface area contributed by atoms with Crippen LogP contribution in [-0.4, -0.2) is 288 Å². The van der Waals surface area contributed by atoms with Crippen molar-refractivity contribution in [3.05, 3.63) is 24.0 Å². The van der Waals surface area contributed by atoms with Gasteiger partial charge in [0.15, 0.2) is 6.10 Å². The zero-order valence-corrected chi connectivity index (χ0v) is 90.7. The van der Waals surface area contributed by atoms with E-state index in [0.29, 0.717) is 37.6 Å². The number of alkyl halides is 3. The van der Waals surface area contributed by atoms with Crippen LogP contribution in [0, 0.1) is 17.8 Å². The molecule has 0 amide bonds. The van der Waals surface area contributed by atoms with Gasteiger partial charge in [-0.15, -0.1) is 0 Å². The van der Waals surface area contributed by atoms with Crippen molar-refractivity contribution in [1.29, 1.82) is 0 Å². The number of ether oxygens (including phenoxy) is 15. The fourth-order valence-corrected chi connectivity index (χ4v) is 14.7. The van der Waals surface area contributed by atoms with E-state index in [1.165, 1.54) is 57.9 Å². The third-order valence-electron chi connectivity index (χ3n) is 22.0. The minimum Gasteiger partial charge on any atom is -0.489 e. The zero-order valence-electron chi connectivity index (χ0n) is 90.7. The Hall–Kier alpha value is -2.46. The number of piperidine rings is 1. The van der Waals surface area contributed by atoms with E-state index < -0.39 is 12.3 Å². The Kier molecular flexibility index (Phi) is 63.1. The van der Waals surface area contributed by atoms with Crippen LogP contribution in [0.5, 0.6) is 5.75 Å². The summed E-state index contributed by atoms with van der Waals surface area (Å²) in [6, 6.07) is 3.85. The van der Waals surface area contributed by atoms with Crippen LogP contribution in [0.4, 0.5) is 13.2 Å². The topological polar surface area (TPSA) is 174 Å². The Morgan fingerprint density at radius 1 is 0.356 bits per heavy atom. The molecule has 4 aliphatic heterocycles. The van der Waals surface area contributed by atoms with Crippen molar-refractivity contribution in [2.75, 3.05) is 165 Å². The first-order valence-corrected chi connectivity index (χ1v) is 52.0. The van der Waals surface area contributed by atoms with E-state index in [-0.39, 0.29) is 87.5 Å². The number of nitrogens with zero attached hydrogens (tertiary/aromatic N) is 5. The Morgan fingerprint density at radius 3 is 1.08 bits per heavy atom. The first-order chi connectivity index (χ1) is 61.4. The van der Waals surface area contributed by atoms with Gasteiger partial charge >= 0.3 is 6.18 Å². The average Bonchev–Trinajstić information content (AvgIpc) is 0.877. The largest absolute Gasteiger partial charge is 0.489 e. The van der Waals surface area contributed by atoms with Crippen molar-refractivity contribution in [1.82, 2.24) is 24.7 Å². The summed E-state index contributed by atoms with van der Waals surface area (Å²) in [4.78, 5) is 17.4. The molecule has 5 heterocycles. The summed E-state index contributed by atoms with van der Waals surface area (Å²) < 4.78 is 126. The van der Waals surface area contributed by atoms with Gasteiger partial charge in [-0.2, -0.15) is 18.2 Å². The number of pyridine rings is 1. The van der Waals surface area contributed by atoms with Gasteiger partial charge in [0, 0.05) is 149 Å². The van der Waals surface area contributed by atoms with Gasteiger partial charge in [0.25, 0.3) is 0 Å². The number of aromatic nitrogens is 1. The van der Waals surface area contributed by atoms with Crippen LogP contribution in [-0.2, 0) is 71.2 Å². The van der Waals surface area contributed by atoms with Crippen molar-refractivity contribution in [3.63, 3.8) is 0 Å². The molecule has 0 bridgehead atoms. The second-order valence-corrected chi connectivity index (χ2v) is 47.0. The Morgan fingerprint density at radius 2 is 0.720 bits per heavy atom. The molecule has 0 spiro atoms. The summed E-state index contributed by atoms with van der Waals surface area (Å²) in [6.45, 7) is 84.2. The third kappa shape index (κ3) is 75.4. The lowest BCUT2D eigenvalue weighted by molar-refractivity contribution is -0.291. The highest BCUT2D eigenvalue weighted by atomic mass is 19.4. The highest BCUT2D eigenvalue weighted by molar-refractivity contribution is 5.31. The van der Waals surface area contributed by atoms with Crippen LogP contribution in [0.25, 0.3) is 0 Å². The molecule has 132 heavy (non-hydrogen) atoms. The molecule has 4 saturated heterocycles. The van der Waals surface area contributed by atoms with E-state index in [2.05, 4.69) is 218 Å². The van der Waals surface area contributed by atoms with Crippen molar-refractivity contribution >= 4 is 0 Å². The molecule has 1 saturated carbocycles. The molecule has 1 atom stereocenters. The number of unbranched alkanes of at least 4 members (excludes halogenated alkanes) is 15. The molecular formula is C108H206F3N5O16. The van der Waals surface area contributed by atoms with Gasteiger partial charge in [-0.05, 0) is 412 Å². The van der Waals surface area contributed by atoms with Gasteiger partial charge in [-0.1, -0.05) is 5.92 Å². The minimum atomic E-state index is -4.33. The summed E-state index contributed by atoms with van der Waals surface area (Å²) in [5.74, 6) is 7.10. The van der Waals surface area contributed by atoms with E-state index in [1.807, 2.05) is 38.0 Å². The molecule has 0 radical (unpaired) electrons. The summed E-state index contributed by atoms with van der Waals surface area (Å²) in [5.41, 5.74) is 0.706. The molecule has 0 N–H and O–H groups in total. The van der Waals surface area contributed by atoms with Crippen LogP contribution in [0.2, 0.25) is 0 Å². The molecule has 24 heteroatoms. The zero-order chi connectivity index (χ0) is 99.0. The molecule has 5 fully saturated rings. The smallest absolute Gasteiger partial charge is 0.414 e. The predicted octanol–water partition coefficient (Wildman–Crippen LogP) is 24.5. The number of rotatable bonds is 58. The normalized spacial score (nSPS) is 18.0. The maximum Gasteiger partial charge on any atom is 0.414 e. The molecule has 780 valence electrons. The maximum absolute atomic E-state index is 13.4. The van der Waals surface area contributed by atoms with Crippen molar-refractivity contribution in [2.24, 2.45) is 5.92 Å². The standard InChI is InChI=1S/C23H44F3NO3.C22H33NO3.C21H43NO4.2C21H43NO3/c1-21(2,3)27-12-10-19(11-13-27)18-20(23(24,25)26)29-17-16-28-14-8-7-9-15-30-22(4,5)6;1-21(2,3)24-13-9-7-8-10-17-11-12-18(16-23-17)25-19-14-20(15-19)26-22(4,5)6;1-20(2,3)25-16-12-8-10-14-23-13-9-7-11-15-24-19-17-22(18-19)26-21(4,5)6;1-20(2,3)22-17-19(18-22)24-15-11-7-9-13-23-14-10-8-12-16-25-21(4,5)6;1-20(2,3)24-16-12-8-11-15-23-14-10-7-9-13-22-17-19(18-22)25-21(4,5)6/h19-20H,7-18H2,1-6H3;11-12,16,19-20H,7,9,13-15H2,1-6H3;19H,7-18H2,1-6H3;2*19H,7-18H2,1-6H3. The van der Waals surface area contributed by atoms with Crippen LogP contribution in [0.15, 0.2) is 18.3 Å². The summed E-state index contributed by atoms with van der Waals surface area (Å²) in [7, 11) is 0. The number of hydrogen-bond acceptors (Lipinski definition) is 21. The van der Waals surface area contributed by atoms with Crippen molar-refractivity contribution < 1.29 is 89.1 Å². The molecule has 21 nitrogen and oxygen atoms in total. The van der Waals surface area contributed by atoms with Crippen LogP contribution >= 0.6 is 0 Å². The first kappa shape index (κ1) is 126. The van der Waals surface area contributed by atoms with E-state index in [1.54, 1.807) is 6.20 Å². The number of likely N-dealkylation sites (tertiary alicyclic amines) is 3. The number of hydrogen-bond donors (Lipinski definition) is 0. The molecule has 1 unspecified atom stereocenters. The lowest BCUT2D eigenvalue weighted by Crippen LogP contribution is -2.59. The highest BCUT2D eigenvalue weighted by Gasteiger charge is 2.43. The number of halogens is 3. The fourth-order valence-electron chi connectivity index (χ4n) is 14.7. The van der Waals surface area contributed by atoms with Gasteiger partial charge < -0.3 is 71.1 Å². The van der Waals surface area contributed by atoms with Crippen LogP contribution in [0.1, 0.15) is 393 Å². The van der Waals surface area contributed by atoms with Gasteiger partial charge in [-0.25, -0.2) is 4.98 Å². The highest BCUT2D eigenvalue weighted by Crippen LogP contribution is 2.35. The second-order valence-electron chi connectivity index (χ2n) is 47.0. The van der Waals surface area contributed by atoms with Gasteiger partial charge in [-0.3, -0.25) is 19.5 Å². The van der Waals surface area contributed by atoms with Crippen LogP contribution < -0.4 is 4.74 Å². The predicted molar refractivity (Wildman–Crippen MR) is 536 cm³/mol. The van der Waals surface area contributed by atoms with Crippen LogP contribution in [0.3, 0.4) is 0 Å². The van der Waals surface area contributed by atoms with Crippen molar-refractivity contribution in [2.45, 2.75) is 486 Å². The van der Waals surface area contributed by atoms with E-state index in [9.17, 15) is 13.2 Å². The molecule has 1 aromatic rings. The lowest BCUT2D eigenvalue weighted by Gasteiger charge is -2.47. The first-order valence-electron chi connectivity index (χ1n) is 52.0. The monoisotopic (exact) mass is 1890 g/mol. The molecule has 6 rings (SSSR count). The quantitative estimate of drug-likeness (QED) is 0.0444. The third-order valence-corrected chi connectivity index (χ3v) is 22.0. The molecular weight excluding hydrogens is 1680 g/mol. The summed E-state index contributed by atoms with van der Waals surface area (Å²) >= 11 is 0. The molecule has 5 aliphatic rings. The van der Waals surface area contributed by atoms with E-state index in [4.69, 9.17) is 75.9 Å². The fraction of sp³-hybridized carbons (Fsp3) is 0.935. The second kappa shape index (κ2) is 66.3. The SMILES string of the molecule is CC(C)(C)OCCCC#Cc1ccc(OC2CC(OC(C)(C)C)C2)cn1.CC(C)(C)OCCCCCOCCCCCN1CC(OC(C)(C)C)C1.CC(C)(C)OCCCCCOCCCCCOC1CN(C(C)(C)C)C1.CC(C)(C)OCCCCCOCCCCCOC1CN(OC(C)(C)C)C1.CC(C)(C)OCCCCCOCCOC(CC1CCN(C(C)(C)C)CC1)C(F)(F)F. The van der Waals surface area contributed by atoms with Gasteiger partial charge in [0.2, 0.25) is 0 Å². The summed E-state index contributed by atoms with van der Waals surface area (Å²) in [6.07, 6.45) is 26.6. The lowest BCUT2D eigenvalue weighted by atomic mass is 9.88. The molecule has 1 aromatic heterocycles. The van der Waals surface area contributed by atoms with Gasteiger partial charge in [0.1, 0.15) is 17.5 Å². The molecule has 0 aromatic carbocycles. The Balaban J connectivity index is 0.000000559. The van der Waals surface area contributed by atoms with E-state index >= 15 is 0 Å². The maximum atomic E-state index is 13.4. The average molecular weight is 1890 g/mol. The van der Waals surface area contributed by atoms with Gasteiger partial charge in [0.05, 0.1) is 102 Å². The van der Waals surface area contributed by atoms with Crippen molar-refractivity contribution in [3.8, 4) is 17.6 Å². The Bertz CT molecular complexity index is 2970. The number of hydroxylamine groups is 2. The minimum absolute atomic E-state index is 0.00624.